The van der Waals surface area contributed by atoms with Gasteiger partial charge in [0.1, 0.15) is 11.9 Å². The Balaban J connectivity index is 1.55. The fourth-order valence-electron chi connectivity index (χ4n) is 5.67. The molecule has 0 aromatic carbocycles. The lowest BCUT2D eigenvalue weighted by atomic mass is 9.45. The Morgan fingerprint density at radius 3 is 2.63 bits per heavy atom. The van der Waals surface area contributed by atoms with Gasteiger partial charge in [0.05, 0.1) is 6.10 Å². The molecule has 27 heavy (non-hydrogen) atoms. The van der Waals surface area contributed by atoms with Gasteiger partial charge in [0.25, 0.3) is 0 Å². The lowest BCUT2D eigenvalue weighted by molar-refractivity contribution is -0.217. The third-order valence-corrected chi connectivity index (χ3v) is 7.49. The lowest BCUT2D eigenvalue weighted by Crippen LogP contribution is -2.59. The molecule has 5 rings (SSSR count). The molecule has 4 saturated carbocycles. The first-order chi connectivity index (χ1) is 12.6. The van der Waals surface area contributed by atoms with E-state index in [0.717, 1.165) is 6.42 Å². The second kappa shape index (κ2) is 6.16. The number of hydrogen-bond acceptors (Lipinski definition) is 6. The van der Waals surface area contributed by atoms with Gasteiger partial charge in [-0.3, -0.25) is 9.59 Å². The van der Waals surface area contributed by atoms with Crippen molar-refractivity contribution in [1.29, 1.82) is 0 Å². The third-order valence-electron chi connectivity index (χ3n) is 7.49. The minimum Gasteiger partial charge on any atom is -0.446 e. The van der Waals surface area contributed by atoms with Gasteiger partial charge in [0.2, 0.25) is 5.76 Å². The van der Waals surface area contributed by atoms with Crippen molar-refractivity contribution in [3.05, 3.63) is 11.8 Å². The molecule has 1 aliphatic heterocycles. The van der Waals surface area contributed by atoms with Crippen LogP contribution in [0.3, 0.4) is 0 Å². The topological polar surface area (TPSA) is 78.9 Å². The highest BCUT2D eigenvalue weighted by atomic mass is 16.6. The summed E-state index contributed by atoms with van der Waals surface area (Å²) in [5, 5.41) is 0. The highest BCUT2D eigenvalue weighted by molar-refractivity contribution is 5.92. The predicted octanol–water partition coefficient (Wildman–Crippen LogP) is 2.94. The molecule has 4 fully saturated rings. The Labute approximate surface area is 159 Å². The van der Waals surface area contributed by atoms with Gasteiger partial charge in [-0.05, 0) is 36.0 Å². The third kappa shape index (κ3) is 2.93. The summed E-state index contributed by atoms with van der Waals surface area (Å²) in [4.78, 5) is 35.6. The number of esters is 2. The molecule has 1 heterocycles. The van der Waals surface area contributed by atoms with E-state index in [2.05, 4.69) is 20.8 Å². The summed E-state index contributed by atoms with van der Waals surface area (Å²) < 4.78 is 17.1. The Morgan fingerprint density at radius 2 is 2.00 bits per heavy atom. The van der Waals surface area contributed by atoms with Gasteiger partial charge < -0.3 is 14.2 Å². The average molecular weight is 376 g/mol. The van der Waals surface area contributed by atoms with E-state index < -0.39 is 23.6 Å². The molecule has 0 saturated heterocycles. The molecule has 2 bridgehead atoms. The summed E-state index contributed by atoms with van der Waals surface area (Å²) in [5.74, 6) is 0.452. The van der Waals surface area contributed by atoms with Crippen molar-refractivity contribution in [2.24, 2.45) is 23.2 Å². The van der Waals surface area contributed by atoms with E-state index in [9.17, 15) is 14.4 Å². The molecule has 1 spiro atoms. The van der Waals surface area contributed by atoms with E-state index in [0.29, 0.717) is 36.0 Å². The largest absolute Gasteiger partial charge is 0.446 e. The minimum atomic E-state index is -1.01. The standard InChI is InChI=1S/C21H28O6/c1-11-15-7-13(20(15,3)4)8-16(11)26-18-9-14(23)5-6-21(18)10-17(19(24)27-21)25-12(2)22/h10-11,13,15-16,18H,5-9H2,1-4H3/t11-,13+,15-,16-,18-,21+/m0/s1. The van der Waals surface area contributed by atoms with E-state index in [1.165, 1.54) is 13.3 Å². The van der Waals surface area contributed by atoms with Crippen LogP contribution in [0.2, 0.25) is 0 Å². The van der Waals surface area contributed by atoms with Gasteiger partial charge in [0.15, 0.2) is 5.60 Å². The maximum absolute atomic E-state index is 12.2. The van der Waals surface area contributed by atoms with Crippen LogP contribution in [0.15, 0.2) is 11.8 Å². The summed E-state index contributed by atoms with van der Waals surface area (Å²) in [6.07, 6.45) is 4.23. The van der Waals surface area contributed by atoms with Gasteiger partial charge in [-0.25, -0.2) is 4.79 Å². The molecule has 0 radical (unpaired) electrons. The number of hydrogen-bond donors (Lipinski definition) is 0. The van der Waals surface area contributed by atoms with E-state index in [4.69, 9.17) is 14.2 Å². The van der Waals surface area contributed by atoms with Gasteiger partial charge in [-0.1, -0.05) is 20.8 Å². The van der Waals surface area contributed by atoms with Crippen LogP contribution >= 0.6 is 0 Å². The fraction of sp³-hybridized carbons (Fsp3) is 0.762. The zero-order valence-electron chi connectivity index (χ0n) is 16.4. The Kier molecular flexibility index (Phi) is 4.26. The van der Waals surface area contributed by atoms with Crippen molar-refractivity contribution in [3.63, 3.8) is 0 Å². The van der Waals surface area contributed by atoms with Gasteiger partial charge in [0, 0.05) is 32.3 Å². The van der Waals surface area contributed by atoms with Crippen molar-refractivity contribution in [1.82, 2.24) is 0 Å². The predicted molar refractivity (Wildman–Crippen MR) is 95.4 cm³/mol. The van der Waals surface area contributed by atoms with Crippen LogP contribution in [-0.2, 0) is 28.6 Å². The maximum Gasteiger partial charge on any atom is 0.375 e. The van der Waals surface area contributed by atoms with Crippen LogP contribution in [0.4, 0.5) is 0 Å². The van der Waals surface area contributed by atoms with E-state index in [1.54, 1.807) is 6.08 Å². The van der Waals surface area contributed by atoms with Crippen molar-refractivity contribution in [2.45, 2.75) is 77.6 Å². The number of carbonyl (C=O) groups excluding carboxylic acids is 3. The molecular formula is C21H28O6. The molecule has 0 amide bonds. The van der Waals surface area contributed by atoms with Gasteiger partial charge in [-0.15, -0.1) is 0 Å². The number of fused-ring (bicyclic) bond motifs is 2. The smallest absolute Gasteiger partial charge is 0.375 e. The summed E-state index contributed by atoms with van der Waals surface area (Å²) in [7, 11) is 0. The SMILES string of the molecule is CC(=O)OC1=C[C@@]2(CCC(=O)C[C@@H]2O[C@H]2C[C@H]3C[C@@H]([C@@H]2C)C3(C)C)OC1=O. The van der Waals surface area contributed by atoms with Crippen LogP contribution in [0.1, 0.15) is 59.8 Å². The van der Waals surface area contributed by atoms with E-state index >= 15 is 0 Å². The molecule has 148 valence electrons. The van der Waals surface area contributed by atoms with E-state index in [1.807, 2.05) is 0 Å². The number of ketones is 1. The maximum atomic E-state index is 12.2. The van der Waals surface area contributed by atoms with Crippen LogP contribution in [-0.4, -0.2) is 35.5 Å². The van der Waals surface area contributed by atoms with Crippen LogP contribution in [0.5, 0.6) is 0 Å². The quantitative estimate of drug-likeness (QED) is 0.705. The number of rotatable bonds is 3. The lowest BCUT2D eigenvalue weighted by Gasteiger charge is -2.62. The first-order valence-corrected chi connectivity index (χ1v) is 9.94. The summed E-state index contributed by atoms with van der Waals surface area (Å²) in [6, 6.07) is 0. The minimum absolute atomic E-state index is 0.0550. The zero-order valence-corrected chi connectivity index (χ0v) is 16.4. The van der Waals surface area contributed by atoms with Crippen LogP contribution in [0, 0.1) is 23.2 Å². The number of carbonyl (C=O) groups is 3. The Morgan fingerprint density at radius 1 is 1.26 bits per heavy atom. The highest BCUT2D eigenvalue weighted by Crippen LogP contribution is 2.62. The molecule has 0 aromatic heterocycles. The van der Waals surface area contributed by atoms with Crippen molar-refractivity contribution >= 4 is 17.7 Å². The van der Waals surface area contributed by atoms with Gasteiger partial charge >= 0.3 is 11.9 Å². The normalized spacial score (nSPS) is 42.4. The van der Waals surface area contributed by atoms with Crippen molar-refractivity contribution in [2.75, 3.05) is 0 Å². The van der Waals surface area contributed by atoms with Crippen LogP contribution in [0.25, 0.3) is 0 Å². The first kappa shape index (κ1) is 18.7. The monoisotopic (exact) mass is 376 g/mol. The zero-order chi connectivity index (χ0) is 19.6. The summed E-state index contributed by atoms with van der Waals surface area (Å²) >= 11 is 0. The fourth-order valence-corrected chi connectivity index (χ4v) is 5.67. The molecule has 4 aliphatic carbocycles. The summed E-state index contributed by atoms with van der Waals surface area (Å²) in [5.41, 5.74) is -0.659. The highest BCUT2D eigenvalue weighted by Gasteiger charge is 2.59. The Bertz CT molecular complexity index is 722. The van der Waals surface area contributed by atoms with Crippen molar-refractivity contribution < 1.29 is 28.6 Å². The van der Waals surface area contributed by atoms with Crippen LogP contribution < -0.4 is 0 Å². The molecule has 5 aliphatic rings. The number of Topliss-reactive ketones (excluding diaryl/α,β-unsaturated/α-hetero) is 1. The second-order valence-electron chi connectivity index (χ2n) is 9.31. The molecule has 0 unspecified atom stereocenters. The first-order valence-electron chi connectivity index (χ1n) is 9.94. The average Bonchev–Trinajstić information content (AvgIpc) is 2.88. The summed E-state index contributed by atoms with van der Waals surface area (Å²) in [6.45, 7) is 8.13. The molecule has 0 aromatic rings. The Hall–Kier alpha value is -1.69. The second-order valence-corrected chi connectivity index (χ2v) is 9.31. The van der Waals surface area contributed by atoms with Crippen molar-refractivity contribution in [3.8, 4) is 0 Å². The van der Waals surface area contributed by atoms with E-state index in [-0.39, 0.29) is 24.1 Å². The number of ether oxygens (including phenoxy) is 3. The molecule has 6 atom stereocenters. The molecule has 6 nitrogen and oxygen atoms in total. The molecule has 0 N–H and O–H groups in total. The molecule has 6 heteroatoms. The molecular weight excluding hydrogens is 348 g/mol. The van der Waals surface area contributed by atoms with Gasteiger partial charge in [-0.2, -0.15) is 0 Å².